The maximum atomic E-state index is 5.82. The second-order valence-corrected chi connectivity index (χ2v) is 10.3. The summed E-state index contributed by atoms with van der Waals surface area (Å²) in [5, 5.41) is 5.49. The van der Waals surface area contributed by atoms with Crippen LogP contribution in [-0.4, -0.2) is 15.7 Å². The van der Waals surface area contributed by atoms with E-state index in [1.54, 1.807) is 0 Å². The molecule has 0 atom stereocenters. The van der Waals surface area contributed by atoms with Crippen LogP contribution in [0.15, 0.2) is 24.3 Å². The Morgan fingerprint density at radius 3 is 1.89 bits per heavy atom. The largest absolute Gasteiger partial charge is 0.399 e. The van der Waals surface area contributed by atoms with Gasteiger partial charge in [0.2, 0.25) is 0 Å². The molecule has 1 nitrogen and oxygen atoms in total. The van der Waals surface area contributed by atoms with Crippen molar-refractivity contribution in [2.24, 2.45) is 0 Å². The Balaban J connectivity index is 3.23. The average Bonchev–Trinajstić information content (AvgIpc) is 2.28. The third kappa shape index (κ3) is 3.48. The van der Waals surface area contributed by atoms with Gasteiger partial charge < -0.3 is 5.73 Å². The van der Waals surface area contributed by atoms with E-state index in [2.05, 4.69) is 52.7 Å². The Labute approximate surface area is 120 Å². The second-order valence-electron chi connectivity index (χ2n) is 5.76. The Morgan fingerprint density at radius 2 is 1.47 bits per heavy atom. The maximum absolute atomic E-state index is 5.82. The Kier molecular flexibility index (Phi) is 5.38. The minimum absolute atomic E-state index is 0.612. The summed E-state index contributed by atoms with van der Waals surface area (Å²) < 4.78 is 0. The molecular formula is C17H27NS. The molecule has 106 valence electrons. The highest BCUT2D eigenvalue weighted by molar-refractivity contribution is 8.38. The molecule has 1 rings (SSSR count). The number of benzene rings is 1. The van der Waals surface area contributed by atoms with Crippen molar-refractivity contribution in [3.05, 3.63) is 29.8 Å². The Hall–Kier alpha value is -1.07. The summed E-state index contributed by atoms with van der Waals surface area (Å²) in [6.07, 6.45) is 0. The van der Waals surface area contributed by atoms with Gasteiger partial charge in [-0.3, -0.25) is 0 Å². The van der Waals surface area contributed by atoms with Gasteiger partial charge in [-0.1, -0.05) is 53.5 Å². The Bertz CT molecular complexity index is 456. The van der Waals surface area contributed by atoms with E-state index in [0.717, 1.165) is 11.3 Å². The molecule has 0 heterocycles. The van der Waals surface area contributed by atoms with Crippen molar-refractivity contribution in [3.8, 4) is 11.2 Å². The van der Waals surface area contributed by atoms with Crippen molar-refractivity contribution in [2.75, 3.05) is 5.73 Å². The molecule has 2 heteroatoms. The van der Waals surface area contributed by atoms with Gasteiger partial charge in [-0.2, -0.15) is 10.0 Å². The van der Waals surface area contributed by atoms with Gasteiger partial charge in [0.25, 0.3) is 0 Å². The normalized spacial score (nSPS) is 12.7. The molecule has 0 aliphatic rings. The van der Waals surface area contributed by atoms with Crippen molar-refractivity contribution in [3.63, 3.8) is 0 Å². The van der Waals surface area contributed by atoms with Crippen LogP contribution in [0.25, 0.3) is 0 Å². The first kappa shape index (κ1) is 16.0. The molecule has 0 saturated carbocycles. The van der Waals surface area contributed by atoms with E-state index in [0.29, 0.717) is 15.7 Å². The number of nitrogens with two attached hydrogens (primary N) is 1. The van der Waals surface area contributed by atoms with E-state index in [-0.39, 0.29) is 0 Å². The second kappa shape index (κ2) is 6.39. The minimum atomic E-state index is -0.959. The molecule has 19 heavy (non-hydrogen) atoms. The molecule has 1 aromatic rings. The van der Waals surface area contributed by atoms with Crippen LogP contribution in [0.1, 0.15) is 47.1 Å². The predicted molar refractivity (Wildman–Crippen MR) is 90.7 cm³/mol. The summed E-state index contributed by atoms with van der Waals surface area (Å²) in [5.74, 6) is 3.38. The van der Waals surface area contributed by atoms with Crippen LogP contribution < -0.4 is 5.73 Å². The monoisotopic (exact) mass is 277 g/mol. The van der Waals surface area contributed by atoms with Crippen molar-refractivity contribution in [2.45, 2.75) is 57.3 Å². The number of rotatable bonds is 3. The first-order valence-electron chi connectivity index (χ1n) is 6.99. The molecule has 0 amide bonds. The minimum Gasteiger partial charge on any atom is -0.399 e. The van der Waals surface area contributed by atoms with Crippen LogP contribution in [0.4, 0.5) is 5.69 Å². The third-order valence-electron chi connectivity index (χ3n) is 3.60. The summed E-state index contributed by atoms with van der Waals surface area (Å²) in [6, 6.07) is 7.86. The lowest BCUT2D eigenvalue weighted by atomic mass is 10.2. The summed E-state index contributed by atoms with van der Waals surface area (Å²) in [4.78, 5) is 0. The highest BCUT2D eigenvalue weighted by Gasteiger charge is 2.32. The van der Waals surface area contributed by atoms with Gasteiger partial charge in [-0.05, 0) is 39.2 Å². The van der Waals surface area contributed by atoms with Crippen molar-refractivity contribution < 1.29 is 0 Å². The SMILES string of the molecule is CC(C)S(C#Cc1cccc(N)c1)(C(C)C)C(C)C. The van der Waals surface area contributed by atoms with Crippen LogP contribution in [0, 0.1) is 11.2 Å². The van der Waals surface area contributed by atoms with Gasteiger partial charge in [0.05, 0.1) is 0 Å². The fourth-order valence-electron chi connectivity index (χ4n) is 2.75. The molecule has 0 bridgehead atoms. The lowest BCUT2D eigenvalue weighted by Gasteiger charge is -2.46. The van der Waals surface area contributed by atoms with Gasteiger partial charge in [0, 0.05) is 11.3 Å². The van der Waals surface area contributed by atoms with Crippen LogP contribution >= 0.6 is 10.0 Å². The molecule has 0 saturated heterocycles. The van der Waals surface area contributed by atoms with E-state index < -0.39 is 10.0 Å². The highest BCUT2D eigenvalue weighted by atomic mass is 32.3. The van der Waals surface area contributed by atoms with Crippen LogP contribution in [0.5, 0.6) is 0 Å². The molecule has 0 aliphatic carbocycles. The zero-order valence-corrected chi connectivity index (χ0v) is 13.8. The molecule has 0 aliphatic heterocycles. The molecule has 2 N–H and O–H groups in total. The van der Waals surface area contributed by atoms with E-state index in [4.69, 9.17) is 5.73 Å². The fraction of sp³-hybridized carbons (Fsp3) is 0.529. The van der Waals surface area contributed by atoms with Gasteiger partial charge in [0.1, 0.15) is 0 Å². The average molecular weight is 277 g/mol. The predicted octanol–water partition coefficient (Wildman–Crippen LogP) is 4.61. The quantitative estimate of drug-likeness (QED) is 0.634. The van der Waals surface area contributed by atoms with Crippen molar-refractivity contribution in [1.82, 2.24) is 0 Å². The molecule has 0 unspecified atom stereocenters. The molecule has 0 radical (unpaired) electrons. The van der Waals surface area contributed by atoms with E-state index in [1.807, 2.05) is 24.3 Å². The van der Waals surface area contributed by atoms with Gasteiger partial charge in [-0.15, -0.1) is 0 Å². The molecular weight excluding hydrogens is 250 g/mol. The summed E-state index contributed by atoms with van der Waals surface area (Å²) >= 11 is 0. The van der Waals surface area contributed by atoms with Crippen molar-refractivity contribution in [1.29, 1.82) is 0 Å². The van der Waals surface area contributed by atoms with Gasteiger partial charge in [-0.25, -0.2) is 0 Å². The number of hydrogen-bond acceptors (Lipinski definition) is 1. The third-order valence-corrected chi connectivity index (χ3v) is 8.73. The fourth-order valence-corrected chi connectivity index (χ4v) is 7.02. The van der Waals surface area contributed by atoms with Gasteiger partial charge >= 0.3 is 0 Å². The maximum Gasteiger partial charge on any atom is 0.0326 e. The van der Waals surface area contributed by atoms with Crippen molar-refractivity contribution >= 4 is 15.7 Å². The highest BCUT2D eigenvalue weighted by Crippen LogP contribution is 2.59. The lowest BCUT2D eigenvalue weighted by molar-refractivity contribution is 0.959. The topological polar surface area (TPSA) is 26.0 Å². The zero-order chi connectivity index (χ0) is 14.6. The van der Waals surface area contributed by atoms with Crippen LogP contribution in [0.3, 0.4) is 0 Å². The van der Waals surface area contributed by atoms with Crippen LogP contribution in [0.2, 0.25) is 0 Å². The summed E-state index contributed by atoms with van der Waals surface area (Å²) in [7, 11) is -0.959. The number of anilines is 1. The molecule has 0 spiro atoms. The van der Waals surface area contributed by atoms with Gasteiger partial charge in [0.15, 0.2) is 0 Å². The van der Waals surface area contributed by atoms with Crippen LogP contribution in [-0.2, 0) is 0 Å². The molecule has 0 fully saturated rings. The van der Waals surface area contributed by atoms with E-state index in [1.165, 1.54) is 0 Å². The zero-order valence-electron chi connectivity index (χ0n) is 13.0. The lowest BCUT2D eigenvalue weighted by Crippen LogP contribution is -2.27. The van der Waals surface area contributed by atoms with E-state index >= 15 is 0 Å². The Morgan fingerprint density at radius 1 is 0.947 bits per heavy atom. The smallest absolute Gasteiger partial charge is 0.0326 e. The summed E-state index contributed by atoms with van der Waals surface area (Å²) in [6.45, 7) is 13.9. The molecule has 1 aromatic carbocycles. The number of nitrogen functional groups attached to an aromatic ring is 1. The standard InChI is InChI=1S/C17H27NS/c1-13(2)19(14(3)4,15(5)6)11-10-16-8-7-9-17(18)12-16/h7-9,12-15H,18H2,1-6H3. The summed E-state index contributed by atoms with van der Waals surface area (Å²) in [5.41, 5.74) is 7.63. The first-order valence-corrected chi connectivity index (χ1v) is 8.81. The number of hydrogen-bond donors (Lipinski definition) is 1. The van der Waals surface area contributed by atoms with E-state index in [9.17, 15) is 0 Å². The first-order chi connectivity index (χ1) is 8.80. The molecule has 0 aromatic heterocycles.